The third-order valence-electron chi connectivity index (χ3n) is 4.92. The molecule has 2 aromatic carbocycles. The second-order valence-corrected chi connectivity index (χ2v) is 6.81. The number of nitrogens with one attached hydrogen (secondary N) is 1. The van der Waals surface area contributed by atoms with Gasteiger partial charge >= 0.3 is 0 Å². The van der Waals surface area contributed by atoms with Gasteiger partial charge in [0.05, 0.1) is 30.1 Å². The summed E-state index contributed by atoms with van der Waals surface area (Å²) in [5, 5.41) is 2.76. The van der Waals surface area contributed by atoms with E-state index in [1.165, 1.54) is 13.3 Å². The van der Waals surface area contributed by atoms with Crippen molar-refractivity contribution in [2.75, 3.05) is 12.4 Å². The van der Waals surface area contributed by atoms with Crippen molar-refractivity contribution in [2.24, 2.45) is 0 Å². The first-order valence-corrected chi connectivity index (χ1v) is 9.40. The third kappa shape index (κ3) is 3.65. The number of imide groups is 1. The summed E-state index contributed by atoms with van der Waals surface area (Å²) in [7, 11) is 1.50. The topological polar surface area (TPSA) is 88.6 Å². The van der Waals surface area contributed by atoms with E-state index in [1.807, 2.05) is 30.3 Å². The van der Waals surface area contributed by atoms with Crippen LogP contribution in [0.4, 0.5) is 5.69 Å². The highest BCUT2D eigenvalue weighted by Gasteiger charge is 2.42. The van der Waals surface area contributed by atoms with Gasteiger partial charge < -0.3 is 10.1 Å². The molecule has 7 nitrogen and oxygen atoms in total. The minimum absolute atomic E-state index is 0.196. The number of ether oxygens (including phenoxy) is 1. The molecule has 0 unspecified atom stereocenters. The molecule has 1 atom stereocenters. The Kier molecular flexibility index (Phi) is 5.26. The molecule has 0 bridgehead atoms. The number of pyridine rings is 1. The van der Waals surface area contributed by atoms with Gasteiger partial charge in [-0.2, -0.15) is 0 Å². The highest BCUT2D eigenvalue weighted by atomic mass is 16.5. The van der Waals surface area contributed by atoms with Crippen molar-refractivity contribution in [1.82, 2.24) is 9.88 Å². The Morgan fingerprint density at radius 1 is 0.967 bits per heavy atom. The van der Waals surface area contributed by atoms with Crippen molar-refractivity contribution in [3.05, 3.63) is 89.6 Å². The van der Waals surface area contributed by atoms with Crippen molar-refractivity contribution in [3.63, 3.8) is 0 Å². The minimum atomic E-state index is -1.01. The molecule has 0 saturated carbocycles. The van der Waals surface area contributed by atoms with E-state index in [-0.39, 0.29) is 6.42 Å². The van der Waals surface area contributed by atoms with Gasteiger partial charge in [0, 0.05) is 12.5 Å². The molecule has 0 radical (unpaired) electrons. The Hall–Kier alpha value is -4.00. The first-order chi connectivity index (χ1) is 14.6. The lowest BCUT2D eigenvalue weighted by Crippen LogP contribution is -2.48. The van der Waals surface area contributed by atoms with Gasteiger partial charge in [-0.1, -0.05) is 42.5 Å². The average molecular weight is 401 g/mol. The number of benzene rings is 2. The van der Waals surface area contributed by atoms with Gasteiger partial charge in [0.2, 0.25) is 11.8 Å². The number of carbonyl (C=O) groups is 3. The zero-order chi connectivity index (χ0) is 21.1. The molecular formula is C23H19N3O4. The first-order valence-electron chi connectivity index (χ1n) is 9.40. The molecule has 7 heteroatoms. The maximum absolute atomic E-state index is 13.2. The summed E-state index contributed by atoms with van der Waals surface area (Å²) in [6, 6.07) is 18.1. The van der Waals surface area contributed by atoms with Crippen LogP contribution in [0, 0.1) is 0 Å². The molecule has 0 spiro atoms. The first kappa shape index (κ1) is 19.3. The zero-order valence-electron chi connectivity index (χ0n) is 16.2. The molecule has 3 aromatic rings. The molecule has 1 aliphatic rings. The van der Waals surface area contributed by atoms with E-state index in [2.05, 4.69) is 10.3 Å². The number of hydrogen-bond acceptors (Lipinski definition) is 5. The minimum Gasteiger partial charge on any atom is -0.481 e. The van der Waals surface area contributed by atoms with Crippen molar-refractivity contribution in [2.45, 2.75) is 12.5 Å². The Bertz CT molecular complexity index is 1060. The fraction of sp³-hybridized carbons (Fsp3) is 0.130. The summed E-state index contributed by atoms with van der Waals surface area (Å²) in [6.07, 6.45) is 1.65. The predicted molar refractivity (Wildman–Crippen MR) is 110 cm³/mol. The van der Waals surface area contributed by atoms with Crippen LogP contribution in [0.3, 0.4) is 0 Å². The lowest BCUT2D eigenvalue weighted by Gasteiger charge is -2.25. The summed E-state index contributed by atoms with van der Waals surface area (Å²) < 4.78 is 5.02. The SMILES string of the molecule is COc1ccc(NC(=O)[C@@H](Cc2ccccc2)N2C(=O)c3ccccc3C2=O)cn1. The number of methoxy groups -OCH3 is 1. The average Bonchev–Trinajstić information content (AvgIpc) is 3.03. The molecule has 1 N–H and O–H groups in total. The summed E-state index contributed by atoms with van der Waals surface area (Å²) in [5.41, 5.74) is 1.89. The molecule has 0 saturated heterocycles. The zero-order valence-corrected chi connectivity index (χ0v) is 16.2. The van der Waals surface area contributed by atoms with E-state index in [1.54, 1.807) is 36.4 Å². The smallest absolute Gasteiger partial charge is 0.262 e. The van der Waals surface area contributed by atoms with Gasteiger partial charge in [-0.15, -0.1) is 0 Å². The van der Waals surface area contributed by atoms with Crippen LogP contribution in [0.15, 0.2) is 72.9 Å². The van der Waals surface area contributed by atoms with Gasteiger partial charge in [-0.25, -0.2) is 4.98 Å². The van der Waals surface area contributed by atoms with Crippen LogP contribution in [-0.2, 0) is 11.2 Å². The standard InChI is InChI=1S/C23H19N3O4/c1-30-20-12-11-16(14-24-20)25-21(27)19(13-15-7-3-2-4-8-15)26-22(28)17-9-5-6-10-18(17)23(26)29/h2-12,14,19H,13H2,1H3,(H,25,27)/t19-/m1/s1. The fourth-order valence-corrected chi connectivity index (χ4v) is 3.43. The molecule has 3 amide bonds. The number of rotatable bonds is 6. The van der Waals surface area contributed by atoms with E-state index in [0.717, 1.165) is 10.5 Å². The van der Waals surface area contributed by atoms with Crippen molar-refractivity contribution in [3.8, 4) is 5.88 Å². The van der Waals surface area contributed by atoms with Crippen molar-refractivity contribution < 1.29 is 19.1 Å². The Morgan fingerprint density at radius 2 is 1.60 bits per heavy atom. The number of nitrogens with zero attached hydrogens (tertiary/aromatic N) is 2. The number of carbonyl (C=O) groups excluding carboxylic acids is 3. The van der Waals surface area contributed by atoms with Crippen LogP contribution in [0.2, 0.25) is 0 Å². The molecule has 150 valence electrons. The van der Waals surface area contributed by atoms with E-state index in [4.69, 9.17) is 4.74 Å². The lowest BCUT2D eigenvalue weighted by atomic mass is 10.0. The molecular weight excluding hydrogens is 382 g/mol. The number of fused-ring (bicyclic) bond motifs is 1. The molecule has 1 aliphatic heterocycles. The number of amides is 3. The van der Waals surface area contributed by atoms with Crippen LogP contribution in [0.25, 0.3) is 0 Å². The second kappa shape index (κ2) is 8.16. The largest absolute Gasteiger partial charge is 0.481 e. The Morgan fingerprint density at radius 3 is 2.17 bits per heavy atom. The van der Waals surface area contributed by atoms with E-state index in [0.29, 0.717) is 22.7 Å². The second-order valence-electron chi connectivity index (χ2n) is 6.81. The number of anilines is 1. The summed E-state index contributed by atoms with van der Waals surface area (Å²) >= 11 is 0. The maximum atomic E-state index is 13.2. The van der Waals surface area contributed by atoms with Crippen LogP contribution in [0.1, 0.15) is 26.3 Å². The van der Waals surface area contributed by atoms with Gasteiger partial charge in [-0.3, -0.25) is 19.3 Å². The van der Waals surface area contributed by atoms with Crippen LogP contribution in [-0.4, -0.2) is 40.8 Å². The van der Waals surface area contributed by atoms with Crippen molar-refractivity contribution in [1.29, 1.82) is 0 Å². The third-order valence-corrected chi connectivity index (χ3v) is 4.92. The Balaban J connectivity index is 1.65. The molecule has 30 heavy (non-hydrogen) atoms. The van der Waals surface area contributed by atoms with E-state index in [9.17, 15) is 14.4 Å². The van der Waals surface area contributed by atoms with Gasteiger partial charge in [0.25, 0.3) is 11.8 Å². The van der Waals surface area contributed by atoms with Gasteiger partial charge in [0.15, 0.2) is 0 Å². The molecule has 0 aliphatic carbocycles. The van der Waals surface area contributed by atoms with Crippen molar-refractivity contribution >= 4 is 23.4 Å². The van der Waals surface area contributed by atoms with Crippen LogP contribution >= 0.6 is 0 Å². The monoisotopic (exact) mass is 401 g/mol. The van der Waals surface area contributed by atoms with Crippen LogP contribution < -0.4 is 10.1 Å². The molecule has 1 aromatic heterocycles. The number of hydrogen-bond donors (Lipinski definition) is 1. The molecule has 2 heterocycles. The van der Waals surface area contributed by atoms with Gasteiger partial charge in [-0.05, 0) is 23.8 Å². The van der Waals surface area contributed by atoms with Crippen LogP contribution in [0.5, 0.6) is 5.88 Å². The normalized spacial score (nSPS) is 13.7. The molecule has 4 rings (SSSR count). The van der Waals surface area contributed by atoms with E-state index >= 15 is 0 Å². The summed E-state index contributed by atoms with van der Waals surface area (Å²) in [6.45, 7) is 0. The summed E-state index contributed by atoms with van der Waals surface area (Å²) in [5.74, 6) is -1.01. The quantitative estimate of drug-likeness (QED) is 0.642. The lowest BCUT2D eigenvalue weighted by molar-refractivity contribution is -0.119. The maximum Gasteiger partial charge on any atom is 0.262 e. The van der Waals surface area contributed by atoms with E-state index < -0.39 is 23.8 Å². The summed E-state index contributed by atoms with van der Waals surface area (Å²) in [4.78, 5) is 44.2. The van der Waals surface area contributed by atoms with Gasteiger partial charge in [0.1, 0.15) is 6.04 Å². The predicted octanol–water partition coefficient (Wildman–Crippen LogP) is 2.94. The number of aromatic nitrogens is 1. The highest BCUT2D eigenvalue weighted by molar-refractivity contribution is 6.23. The fourth-order valence-electron chi connectivity index (χ4n) is 3.43. The highest BCUT2D eigenvalue weighted by Crippen LogP contribution is 2.26. The Labute approximate surface area is 173 Å². The molecule has 0 fully saturated rings.